The second-order valence-electron chi connectivity index (χ2n) is 6.78. The molecule has 3 rings (SSSR count). The van der Waals surface area contributed by atoms with Crippen LogP contribution in [0.4, 0.5) is 0 Å². The fraction of sp³-hybridized carbons (Fsp3) is 0.273. The number of rotatable bonds is 4. The molecule has 0 aromatic heterocycles. The molecular formula is C22H22N2O4. The molecule has 1 fully saturated rings. The third-order valence-corrected chi connectivity index (χ3v) is 4.40. The largest absolute Gasteiger partial charge is 0.365 e. The topological polar surface area (TPSA) is 77.3 Å². The average molecular weight is 378 g/mol. The Morgan fingerprint density at radius 3 is 1.57 bits per heavy atom. The van der Waals surface area contributed by atoms with E-state index in [0.717, 1.165) is 24.0 Å². The summed E-state index contributed by atoms with van der Waals surface area (Å²) < 4.78 is 0. The molecule has 2 aromatic carbocycles. The first-order chi connectivity index (χ1) is 13.5. The lowest BCUT2D eigenvalue weighted by Gasteiger charge is -2.14. The van der Waals surface area contributed by atoms with Crippen molar-refractivity contribution in [1.82, 2.24) is 0 Å². The fourth-order valence-corrected chi connectivity index (χ4v) is 2.91. The summed E-state index contributed by atoms with van der Waals surface area (Å²) in [6, 6.07) is 14.2. The molecule has 0 amide bonds. The minimum atomic E-state index is -0.530. The van der Waals surface area contributed by atoms with Crippen molar-refractivity contribution in [2.75, 3.05) is 0 Å². The van der Waals surface area contributed by atoms with Crippen molar-refractivity contribution in [3.05, 3.63) is 70.8 Å². The zero-order valence-corrected chi connectivity index (χ0v) is 16.0. The van der Waals surface area contributed by atoms with Gasteiger partial charge in [0.05, 0.1) is 11.1 Å². The highest BCUT2D eigenvalue weighted by atomic mass is 16.7. The van der Waals surface area contributed by atoms with Crippen LogP contribution >= 0.6 is 0 Å². The third-order valence-electron chi connectivity index (χ3n) is 4.40. The molecule has 2 aromatic rings. The lowest BCUT2D eigenvalue weighted by atomic mass is 9.97. The van der Waals surface area contributed by atoms with Crippen LogP contribution in [0.3, 0.4) is 0 Å². The molecule has 0 unspecified atom stereocenters. The van der Waals surface area contributed by atoms with Gasteiger partial charge in [0.15, 0.2) is 0 Å². The highest BCUT2D eigenvalue weighted by Crippen LogP contribution is 2.16. The maximum Gasteiger partial charge on any atom is 0.365 e. The molecule has 0 N–H and O–H groups in total. The summed E-state index contributed by atoms with van der Waals surface area (Å²) in [5.74, 6) is -1.06. The van der Waals surface area contributed by atoms with Gasteiger partial charge in [-0.3, -0.25) is 0 Å². The predicted molar refractivity (Wildman–Crippen MR) is 107 cm³/mol. The standard InChI is InChI=1S/C22H22N2O4/c1-15-7-5-9-17(13-15)21(25)27-23-19-11-3-4-12-20(19)24-28-22(26)18-10-6-8-16(2)14-18/h5-10,13-14H,3-4,11-12H2,1-2H3/b23-19+,24-20+. The number of oxime groups is 2. The first-order valence-electron chi connectivity index (χ1n) is 9.23. The Kier molecular flexibility index (Phi) is 6.32. The van der Waals surface area contributed by atoms with Crippen LogP contribution in [0.5, 0.6) is 0 Å². The Labute approximate surface area is 163 Å². The predicted octanol–water partition coefficient (Wildman–Crippen LogP) is 4.60. The van der Waals surface area contributed by atoms with Crippen LogP contribution < -0.4 is 0 Å². The van der Waals surface area contributed by atoms with E-state index in [1.807, 2.05) is 26.0 Å². The summed E-state index contributed by atoms with van der Waals surface area (Å²) in [6.07, 6.45) is 3.04. The third kappa shape index (κ3) is 5.13. The number of carbonyl (C=O) groups is 2. The fourth-order valence-electron chi connectivity index (χ4n) is 2.91. The second kappa shape index (κ2) is 9.08. The summed E-state index contributed by atoms with van der Waals surface area (Å²) in [6.45, 7) is 3.80. The Hall–Kier alpha value is -3.28. The Bertz CT molecular complexity index is 870. The van der Waals surface area contributed by atoms with Gasteiger partial charge in [-0.05, 0) is 63.8 Å². The molecular weight excluding hydrogens is 356 g/mol. The molecule has 0 heterocycles. The smallest absolute Gasteiger partial charge is 0.312 e. The number of carbonyl (C=O) groups excluding carboxylic acids is 2. The Morgan fingerprint density at radius 2 is 1.18 bits per heavy atom. The van der Waals surface area contributed by atoms with Gasteiger partial charge in [-0.25, -0.2) is 9.59 Å². The normalized spacial score (nSPS) is 16.8. The van der Waals surface area contributed by atoms with Crippen LogP contribution in [0.1, 0.15) is 57.5 Å². The highest BCUT2D eigenvalue weighted by Gasteiger charge is 2.19. The molecule has 6 nitrogen and oxygen atoms in total. The number of aryl methyl sites for hydroxylation is 2. The monoisotopic (exact) mass is 378 g/mol. The van der Waals surface area contributed by atoms with E-state index in [0.29, 0.717) is 35.4 Å². The van der Waals surface area contributed by atoms with Gasteiger partial charge in [0.1, 0.15) is 11.4 Å². The van der Waals surface area contributed by atoms with Gasteiger partial charge in [0, 0.05) is 0 Å². The van der Waals surface area contributed by atoms with Crippen molar-refractivity contribution < 1.29 is 19.3 Å². The van der Waals surface area contributed by atoms with Gasteiger partial charge >= 0.3 is 11.9 Å². The molecule has 0 aliphatic heterocycles. The van der Waals surface area contributed by atoms with Crippen LogP contribution in [0.15, 0.2) is 58.8 Å². The molecule has 6 heteroatoms. The van der Waals surface area contributed by atoms with Crippen molar-refractivity contribution in [3.63, 3.8) is 0 Å². The molecule has 1 saturated carbocycles. The lowest BCUT2D eigenvalue weighted by Crippen LogP contribution is -2.21. The minimum absolute atomic E-state index is 0.435. The van der Waals surface area contributed by atoms with Gasteiger partial charge in [-0.2, -0.15) is 0 Å². The highest BCUT2D eigenvalue weighted by molar-refractivity contribution is 6.42. The number of nitrogens with zero attached hydrogens (tertiary/aromatic N) is 2. The second-order valence-corrected chi connectivity index (χ2v) is 6.78. The first-order valence-corrected chi connectivity index (χ1v) is 9.23. The summed E-state index contributed by atoms with van der Waals surface area (Å²) in [7, 11) is 0. The molecule has 144 valence electrons. The van der Waals surface area contributed by atoms with Gasteiger partial charge in [-0.1, -0.05) is 45.7 Å². The summed E-state index contributed by atoms with van der Waals surface area (Å²) >= 11 is 0. The minimum Gasteiger partial charge on any atom is -0.312 e. The zero-order chi connectivity index (χ0) is 19.9. The van der Waals surface area contributed by atoms with Crippen molar-refractivity contribution in [1.29, 1.82) is 0 Å². The Balaban J connectivity index is 1.69. The molecule has 0 radical (unpaired) electrons. The van der Waals surface area contributed by atoms with Crippen LogP contribution in [0.25, 0.3) is 0 Å². The maximum absolute atomic E-state index is 12.2. The van der Waals surface area contributed by atoms with Crippen LogP contribution in [0, 0.1) is 13.8 Å². The number of benzene rings is 2. The first kappa shape index (κ1) is 19.5. The molecule has 1 aliphatic carbocycles. The van der Waals surface area contributed by atoms with Crippen LogP contribution in [-0.2, 0) is 9.68 Å². The van der Waals surface area contributed by atoms with E-state index >= 15 is 0 Å². The van der Waals surface area contributed by atoms with Gasteiger partial charge in [0.25, 0.3) is 0 Å². The van der Waals surface area contributed by atoms with E-state index in [1.165, 1.54) is 0 Å². The van der Waals surface area contributed by atoms with Gasteiger partial charge in [0.2, 0.25) is 0 Å². The summed E-state index contributed by atoms with van der Waals surface area (Å²) in [4.78, 5) is 34.5. The molecule has 0 saturated heterocycles. The number of hydrogen-bond donors (Lipinski definition) is 0. The molecule has 28 heavy (non-hydrogen) atoms. The Morgan fingerprint density at radius 1 is 0.750 bits per heavy atom. The lowest BCUT2D eigenvalue weighted by molar-refractivity contribution is 0.0500. The van der Waals surface area contributed by atoms with Crippen molar-refractivity contribution in [2.24, 2.45) is 10.3 Å². The molecule has 0 spiro atoms. The maximum atomic E-state index is 12.2. The van der Waals surface area contributed by atoms with Gasteiger partial charge < -0.3 is 9.68 Å². The van der Waals surface area contributed by atoms with Crippen LogP contribution in [0.2, 0.25) is 0 Å². The quantitative estimate of drug-likeness (QED) is 0.575. The van der Waals surface area contributed by atoms with E-state index in [9.17, 15) is 9.59 Å². The van der Waals surface area contributed by atoms with E-state index in [1.54, 1.807) is 36.4 Å². The number of hydrogen-bond acceptors (Lipinski definition) is 6. The van der Waals surface area contributed by atoms with E-state index in [4.69, 9.17) is 9.68 Å². The summed E-state index contributed by atoms with van der Waals surface area (Å²) in [5, 5.41) is 7.96. The molecule has 1 aliphatic rings. The average Bonchev–Trinajstić information content (AvgIpc) is 2.70. The van der Waals surface area contributed by atoms with Crippen molar-refractivity contribution in [3.8, 4) is 0 Å². The van der Waals surface area contributed by atoms with E-state index < -0.39 is 11.9 Å². The van der Waals surface area contributed by atoms with Crippen LogP contribution in [-0.4, -0.2) is 23.4 Å². The zero-order valence-electron chi connectivity index (χ0n) is 16.0. The van der Waals surface area contributed by atoms with Gasteiger partial charge in [-0.15, -0.1) is 0 Å². The summed E-state index contributed by atoms with van der Waals surface area (Å²) in [5.41, 5.74) is 3.86. The van der Waals surface area contributed by atoms with Crippen molar-refractivity contribution >= 4 is 23.4 Å². The molecule has 0 atom stereocenters. The van der Waals surface area contributed by atoms with Crippen molar-refractivity contribution in [2.45, 2.75) is 39.5 Å². The van der Waals surface area contributed by atoms with E-state index in [2.05, 4.69) is 10.3 Å². The van der Waals surface area contributed by atoms with E-state index in [-0.39, 0.29) is 0 Å². The molecule has 0 bridgehead atoms. The SMILES string of the molecule is Cc1cccc(C(=O)O/N=C2\CCCC\C2=N/OC(=O)c2cccc(C)c2)c1.